The Labute approximate surface area is 123 Å². The molecular formula is C16H20N4O. The Morgan fingerprint density at radius 3 is 2.71 bits per heavy atom. The van der Waals surface area contributed by atoms with Gasteiger partial charge in [-0.2, -0.15) is 4.98 Å². The largest absolute Gasteiger partial charge is 0.368 e. The van der Waals surface area contributed by atoms with Crippen LogP contribution in [0.3, 0.4) is 0 Å². The molecule has 0 aliphatic carbocycles. The van der Waals surface area contributed by atoms with Crippen LogP contribution in [-0.2, 0) is 0 Å². The van der Waals surface area contributed by atoms with Gasteiger partial charge in [0.05, 0.1) is 17.6 Å². The fourth-order valence-electron chi connectivity index (χ4n) is 2.83. The molecule has 3 N–H and O–H groups in total. The molecule has 2 aromatic rings. The highest BCUT2D eigenvalue weighted by atomic mass is 16.1. The van der Waals surface area contributed by atoms with Gasteiger partial charge in [-0.25, -0.2) is 4.79 Å². The third-order valence-corrected chi connectivity index (χ3v) is 4.09. The van der Waals surface area contributed by atoms with E-state index in [0.29, 0.717) is 0 Å². The summed E-state index contributed by atoms with van der Waals surface area (Å²) in [5, 5.41) is 0. The lowest BCUT2D eigenvalue weighted by Crippen LogP contribution is -2.40. The van der Waals surface area contributed by atoms with Crippen LogP contribution < -0.4 is 16.3 Å². The Morgan fingerprint density at radius 2 is 2.00 bits per heavy atom. The van der Waals surface area contributed by atoms with Crippen molar-refractivity contribution >= 4 is 5.69 Å². The van der Waals surface area contributed by atoms with Crippen LogP contribution in [0.1, 0.15) is 18.4 Å². The molecule has 1 aromatic heterocycles. The molecule has 1 fully saturated rings. The molecular weight excluding hydrogens is 264 g/mol. The maximum absolute atomic E-state index is 11.7. The van der Waals surface area contributed by atoms with Crippen LogP contribution in [0.5, 0.6) is 0 Å². The van der Waals surface area contributed by atoms with E-state index in [2.05, 4.69) is 14.9 Å². The fraction of sp³-hybridized carbons (Fsp3) is 0.375. The summed E-state index contributed by atoms with van der Waals surface area (Å²) < 4.78 is 0. The molecule has 0 spiro atoms. The summed E-state index contributed by atoms with van der Waals surface area (Å²) >= 11 is 0. The average Bonchev–Trinajstić information content (AvgIpc) is 2.49. The molecule has 1 aromatic carbocycles. The number of hydrogen-bond acceptors (Lipinski definition) is 4. The lowest BCUT2D eigenvalue weighted by molar-refractivity contribution is 0.501. The normalized spacial score (nSPS) is 16.2. The number of piperidine rings is 1. The Morgan fingerprint density at radius 1 is 1.29 bits per heavy atom. The topological polar surface area (TPSA) is 75.0 Å². The molecule has 0 saturated carbocycles. The Balaban J connectivity index is 2.06. The van der Waals surface area contributed by atoms with E-state index < -0.39 is 0 Å². The van der Waals surface area contributed by atoms with E-state index in [1.165, 1.54) is 0 Å². The monoisotopic (exact) mass is 284 g/mol. The fourth-order valence-corrected chi connectivity index (χ4v) is 2.83. The van der Waals surface area contributed by atoms with Crippen LogP contribution >= 0.6 is 0 Å². The molecule has 1 aliphatic heterocycles. The number of hydrogen-bond donors (Lipinski definition) is 2. The highest BCUT2D eigenvalue weighted by Crippen LogP contribution is 2.30. The Kier molecular flexibility index (Phi) is 3.75. The van der Waals surface area contributed by atoms with E-state index >= 15 is 0 Å². The molecule has 21 heavy (non-hydrogen) atoms. The van der Waals surface area contributed by atoms with Crippen LogP contribution in [-0.4, -0.2) is 29.1 Å². The molecule has 110 valence electrons. The molecule has 0 bridgehead atoms. The van der Waals surface area contributed by atoms with Crippen molar-refractivity contribution in [3.63, 3.8) is 0 Å². The minimum atomic E-state index is -0.314. The Bertz CT molecular complexity index is 687. The van der Waals surface area contributed by atoms with Crippen molar-refractivity contribution in [1.29, 1.82) is 0 Å². The minimum Gasteiger partial charge on any atom is -0.368 e. The number of aromatic amines is 1. The number of nitrogens with two attached hydrogens (primary N) is 1. The minimum absolute atomic E-state index is 0.277. The highest BCUT2D eigenvalue weighted by Gasteiger charge is 2.20. The highest BCUT2D eigenvalue weighted by molar-refractivity contribution is 5.76. The average molecular weight is 284 g/mol. The zero-order chi connectivity index (χ0) is 14.8. The molecule has 0 unspecified atom stereocenters. The zero-order valence-corrected chi connectivity index (χ0v) is 12.2. The number of aromatic nitrogens is 2. The first-order chi connectivity index (χ1) is 10.1. The SMILES string of the molecule is Cc1ccccc1-c1[nH]c(=O)ncc1N1CCC(N)CC1. The molecule has 1 saturated heterocycles. The van der Waals surface area contributed by atoms with E-state index in [9.17, 15) is 4.79 Å². The smallest absolute Gasteiger partial charge is 0.345 e. The first kappa shape index (κ1) is 13.8. The van der Waals surface area contributed by atoms with E-state index in [4.69, 9.17) is 5.73 Å². The van der Waals surface area contributed by atoms with Gasteiger partial charge in [0.2, 0.25) is 0 Å². The maximum atomic E-state index is 11.7. The first-order valence-corrected chi connectivity index (χ1v) is 7.31. The predicted octanol–water partition coefficient (Wildman–Crippen LogP) is 1.67. The van der Waals surface area contributed by atoms with Crippen LogP contribution in [0, 0.1) is 6.92 Å². The lowest BCUT2D eigenvalue weighted by Gasteiger charge is -2.32. The standard InChI is InChI=1S/C16H20N4O/c1-11-4-2-3-5-13(11)15-14(10-18-16(21)19-15)20-8-6-12(17)7-9-20/h2-5,10,12H,6-9,17H2,1H3,(H,18,19,21). The molecule has 5 heteroatoms. The molecule has 5 nitrogen and oxygen atoms in total. The lowest BCUT2D eigenvalue weighted by atomic mass is 10.0. The van der Waals surface area contributed by atoms with Gasteiger partial charge in [0.25, 0.3) is 0 Å². The van der Waals surface area contributed by atoms with Crippen LogP contribution in [0.4, 0.5) is 5.69 Å². The summed E-state index contributed by atoms with van der Waals surface area (Å²) in [6, 6.07) is 8.33. The van der Waals surface area contributed by atoms with Gasteiger partial charge in [0.1, 0.15) is 0 Å². The van der Waals surface area contributed by atoms with E-state index in [-0.39, 0.29) is 11.7 Å². The van der Waals surface area contributed by atoms with Crippen molar-refractivity contribution < 1.29 is 0 Å². The molecule has 0 atom stereocenters. The number of rotatable bonds is 2. The third-order valence-electron chi connectivity index (χ3n) is 4.09. The zero-order valence-electron chi connectivity index (χ0n) is 12.2. The quantitative estimate of drug-likeness (QED) is 0.879. The van der Waals surface area contributed by atoms with Crippen LogP contribution in [0.25, 0.3) is 11.3 Å². The third kappa shape index (κ3) is 2.83. The summed E-state index contributed by atoms with van der Waals surface area (Å²) in [4.78, 5) is 20.7. The number of nitrogens with zero attached hydrogens (tertiary/aromatic N) is 2. The van der Waals surface area contributed by atoms with E-state index in [1.807, 2.05) is 31.2 Å². The van der Waals surface area contributed by atoms with Crippen molar-refractivity contribution in [2.45, 2.75) is 25.8 Å². The molecule has 1 aliphatic rings. The van der Waals surface area contributed by atoms with Gasteiger partial charge in [0, 0.05) is 24.7 Å². The van der Waals surface area contributed by atoms with Gasteiger partial charge in [-0.3, -0.25) is 0 Å². The number of anilines is 1. The summed E-state index contributed by atoms with van der Waals surface area (Å²) in [7, 11) is 0. The van der Waals surface area contributed by atoms with Gasteiger partial charge in [-0.15, -0.1) is 0 Å². The number of nitrogens with one attached hydrogen (secondary N) is 1. The molecule has 2 heterocycles. The van der Waals surface area contributed by atoms with Crippen LogP contribution in [0.15, 0.2) is 35.3 Å². The van der Waals surface area contributed by atoms with Crippen LogP contribution in [0.2, 0.25) is 0 Å². The van der Waals surface area contributed by atoms with Gasteiger partial charge in [0.15, 0.2) is 0 Å². The second-order valence-electron chi connectivity index (χ2n) is 5.59. The molecule has 3 rings (SSSR count). The Hall–Kier alpha value is -2.14. The summed E-state index contributed by atoms with van der Waals surface area (Å²) in [5.41, 5.74) is 9.67. The van der Waals surface area contributed by atoms with Gasteiger partial charge in [-0.05, 0) is 25.3 Å². The van der Waals surface area contributed by atoms with Gasteiger partial charge >= 0.3 is 5.69 Å². The van der Waals surface area contributed by atoms with Crippen molar-refractivity contribution in [3.8, 4) is 11.3 Å². The number of benzene rings is 1. The maximum Gasteiger partial charge on any atom is 0.345 e. The first-order valence-electron chi connectivity index (χ1n) is 7.31. The summed E-state index contributed by atoms with van der Waals surface area (Å²) in [6.45, 7) is 3.84. The predicted molar refractivity (Wildman–Crippen MR) is 84.5 cm³/mol. The van der Waals surface area contributed by atoms with Crippen molar-refractivity contribution in [1.82, 2.24) is 9.97 Å². The molecule has 0 radical (unpaired) electrons. The second kappa shape index (κ2) is 5.69. The van der Waals surface area contributed by atoms with Gasteiger partial charge in [-0.1, -0.05) is 24.3 Å². The number of H-pyrrole nitrogens is 1. The van der Waals surface area contributed by atoms with Crippen molar-refractivity contribution in [2.75, 3.05) is 18.0 Å². The van der Waals surface area contributed by atoms with Crippen molar-refractivity contribution in [3.05, 3.63) is 46.5 Å². The van der Waals surface area contributed by atoms with E-state index in [1.54, 1.807) is 6.20 Å². The summed E-state index contributed by atoms with van der Waals surface area (Å²) in [5.74, 6) is 0. The van der Waals surface area contributed by atoms with Crippen molar-refractivity contribution in [2.24, 2.45) is 5.73 Å². The van der Waals surface area contributed by atoms with Gasteiger partial charge < -0.3 is 15.6 Å². The molecule has 0 amide bonds. The number of aryl methyl sites for hydroxylation is 1. The summed E-state index contributed by atoms with van der Waals surface area (Å²) in [6.07, 6.45) is 3.61. The van der Waals surface area contributed by atoms with E-state index in [0.717, 1.165) is 48.4 Å². The second-order valence-corrected chi connectivity index (χ2v) is 5.59.